The van der Waals surface area contributed by atoms with Gasteiger partial charge in [-0.15, -0.1) is 0 Å². The molecule has 0 unspecified atom stereocenters. The average molecular weight is 400 g/mol. The van der Waals surface area contributed by atoms with Crippen LogP contribution in [-0.2, 0) is 16.0 Å². The van der Waals surface area contributed by atoms with Crippen molar-refractivity contribution in [2.24, 2.45) is 0 Å². The highest BCUT2D eigenvalue weighted by molar-refractivity contribution is 6.00. The summed E-state index contributed by atoms with van der Waals surface area (Å²) in [5.41, 5.74) is 3.51. The van der Waals surface area contributed by atoms with Gasteiger partial charge in [0.15, 0.2) is 17.6 Å². The molecule has 0 heterocycles. The monoisotopic (exact) mass is 400 g/mol. The van der Waals surface area contributed by atoms with Crippen molar-refractivity contribution in [3.05, 3.63) is 52.6 Å². The van der Waals surface area contributed by atoms with Crippen molar-refractivity contribution in [1.82, 2.24) is 0 Å². The van der Waals surface area contributed by atoms with Crippen molar-refractivity contribution in [2.75, 3.05) is 21.3 Å². The van der Waals surface area contributed by atoms with Gasteiger partial charge in [-0.25, -0.2) is 0 Å². The Bertz CT molecular complexity index is 862. The molecule has 0 saturated heterocycles. The lowest BCUT2D eigenvalue weighted by Crippen LogP contribution is -2.24. The van der Waals surface area contributed by atoms with E-state index in [4.69, 9.17) is 18.9 Å². The van der Waals surface area contributed by atoms with Gasteiger partial charge in [0.1, 0.15) is 0 Å². The largest absolute Gasteiger partial charge is 0.493 e. The smallest absolute Gasteiger partial charge is 0.306 e. The summed E-state index contributed by atoms with van der Waals surface area (Å²) in [6.07, 6.45) is -0.298. The van der Waals surface area contributed by atoms with Gasteiger partial charge in [-0.2, -0.15) is 0 Å². The molecule has 156 valence electrons. The molecule has 2 aromatic rings. The van der Waals surface area contributed by atoms with Crippen LogP contribution >= 0.6 is 0 Å². The van der Waals surface area contributed by atoms with Gasteiger partial charge < -0.3 is 18.9 Å². The Hall–Kier alpha value is -3.02. The number of methoxy groups -OCH3 is 3. The number of hydrogen-bond acceptors (Lipinski definition) is 6. The fraction of sp³-hybridized carbons (Fsp3) is 0.391. The van der Waals surface area contributed by atoms with E-state index in [1.165, 1.54) is 21.3 Å². The molecule has 1 atom stereocenters. The Morgan fingerprint density at radius 3 is 2.03 bits per heavy atom. The van der Waals surface area contributed by atoms with E-state index < -0.39 is 12.1 Å². The second kappa shape index (κ2) is 9.96. The molecular formula is C23H28O6. The molecular weight excluding hydrogens is 372 g/mol. The van der Waals surface area contributed by atoms with Crippen LogP contribution in [0, 0.1) is 13.8 Å². The second-order valence-electron chi connectivity index (χ2n) is 6.83. The minimum Gasteiger partial charge on any atom is -0.493 e. The van der Waals surface area contributed by atoms with Crippen LogP contribution < -0.4 is 14.2 Å². The van der Waals surface area contributed by atoms with E-state index in [1.807, 2.05) is 26.0 Å². The van der Waals surface area contributed by atoms with Crippen LogP contribution in [-0.4, -0.2) is 39.2 Å². The highest BCUT2D eigenvalue weighted by Gasteiger charge is 2.20. The molecule has 0 bridgehead atoms. The van der Waals surface area contributed by atoms with Gasteiger partial charge in [0, 0.05) is 12.0 Å². The van der Waals surface area contributed by atoms with Gasteiger partial charge in [0.2, 0.25) is 11.5 Å². The van der Waals surface area contributed by atoms with E-state index in [-0.39, 0.29) is 12.2 Å². The Kier molecular flexibility index (Phi) is 7.65. The van der Waals surface area contributed by atoms with E-state index in [0.717, 1.165) is 16.7 Å². The van der Waals surface area contributed by atoms with E-state index in [1.54, 1.807) is 25.1 Å². The maximum atomic E-state index is 12.5. The molecule has 0 aliphatic rings. The number of benzene rings is 2. The van der Waals surface area contributed by atoms with Crippen molar-refractivity contribution in [1.29, 1.82) is 0 Å². The normalized spacial score (nSPS) is 11.5. The van der Waals surface area contributed by atoms with Gasteiger partial charge in [0.05, 0.1) is 21.3 Å². The van der Waals surface area contributed by atoms with E-state index in [0.29, 0.717) is 29.2 Å². The number of ether oxygens (including phenoxy) is 4. The summed E-state index contributed by atoms with van der Waals surface area (Å²) in [7, 11) is 4.61. The van der Waals surface area contributed by atoms with E-state index in [9.17, 15) is 9.59 Å². The number of carbonyl (C=O) groups is 2. The molecule has 0 fully saturated rings. The number of rotatable bonds is 9. The standard InChI is InChI=1S/C23H28O6/c1-14-7-9-18(11-15(14)2)22(25)16(3)29-21(24)10-8-17-12-19(26-4)23(28-6)20(13-17)27-5/h7,9,11-13,16H,8,10H2,1-6H3/t16-/m0/s1. The fourth-order valence-electron chi connectivity index (χ4n) is 2.97. The summed E-state index contributed by atoms with van der Waals surface area (Å²) in [6.45, 7) is 5.52. The zero-order chi connectivity index (χ0) is 21.6. The third-order valence-electron chi connectivity index (χ3n) is 4.81. The van der Waals surface area contributed by atoms with Gasteiger partial charge in [-0.3, -0.25) is 9.59 Å². The lowest BCUT2D eigenvalue weighted by atomic mass is 10.0. The highest BCUT2D eigenvalue weighted by Crippen LogP contribution is 2.38. The first-order chi connectivity index (χ1) is 13.8. The molecule has 6 heteroatoms. The molecule has 6 nitrogen and oxygen atoms in total. The summed E-state index contributed by atoms with van der Waals surface area (Å²) in [4.78, 5) is 24.8. The van der Waals surface area contributed by atoms with Crippen LogP contribution in [0.1, 0.15) is 40.4 Å². The molecule has 0 amide bonds. The third kappa shape index (κ3) is 5.50. The summed E-state index contributed by atoms with van der Waals surface area (Å²) in [5.74, 6) is 0.883. The number of Topliss-reactive ketones (excluding diaryl/α,β-unsaturated/α-hetero) is 1. The van der Waals surface area contributed by atoms with E-state index >= 15 is 0 Å². The van der Waals surface area contributed by atoms with Gasteiger partial charge in [-0.1, -0.05) is 12.1 Å². The maximum absolute atomic E-state index is 12.5. The number of hydrogen-bond donors (Lipinski definition) is 0. The minimum atomic E-state index is -0.843. The van der Waals surface area contributed by atoms with E-state index in [2.05, 4.69) is 0 Å². The zero-order valence-electron chi connectivity index (χ0n) is 17.8. The molecule has 0 spiro atoms. The number of aryl methyl sites for hydroxylation is 3. The predicted molar refractivity (Wildman–Crippen MR) is 110 cm³/mol. The van der Waals surface area contributed by atoms with Crippen LogP contribution in [0.25, 0.3) is 0 Å². The first-order valence-electron chi connectivity index (χ1n) is 9.40. The van der Waals surface area contributed by atoms with Crippen LogP contribution in [0.2, 0.25) is 0 Å². The quantitative estimate of drug-likeness (QED) is 0.467. The van der Waals surface area contributed by atoms with Crippen molar-refractivity contribution >= 4 is 11.8 Å². The average Bonchev–Trinajstić information content (AvgIpc) is 2.72. The second-order valence-corrected chi connectivity index (χ2v) is 6.83. The summed E-state index contributed by atoms with van der Waals surface area (Å²) in [5, 5.41) is 0. The first kappa shape index (κ1) is 22.3. The highest BCUT2D eigenvalue weighted by atomic mass is 16.5. The molecule has 0 saturated carbocycles. The molecule has 0 aliphatic heterocycles. The Morgan fingerprint density at radius 1 is 0.897 bits per heavy atom. The Morgan fingerprint density at radius 2 is 1.52 bits per heavy atom. The van der Waals surface area contributed by atoms with Crippen molar-refractivity contribution in [2.45, 2.75) is 39.7 Å². The minimum absolute atomic E-state index is 0.128. The molecule has 2 aromatic carbocycles. The van der Waals surface area contributed by atoms with Crippen LogP contribution in [0.3, 0.4) is 0 Å². The molecule has 0 radical (unpaired) electrons. The summed E-state index contributed by atoms with van der Waals surface area (Å²) >= 11 is 0. The number of ketones is 1. The third-order valence-corrected chi connectivity index (χ3v) is 4.81. The predicted octanol–water partition coefficient (Wildman–Crippen LogP) is 4.08. The molecule has 0 N–H and O–H groups in total. The number of carbonyl (C=O) groups excluding carboxylic acids is 2. The maximum Gasteiger partial charge on any atom is 0.306 e. The number of esters is 1. The van der Waals surface area contributed by atoms with Gasteiger partial charge in [0.25, 0.3) is 0 Å². The van der Waals surface area contributed by atoms with Crippen LogP contribution in [0.4, 0.5) is 0 Å². The van der Waals surface area contributed by atoms with Crippen molar-refractivity contribution < 1.29 is 28.5 Å². The summed E-state index contributed by atoms with van der Waals surface area (Å²) < 4.78 is 21.3. The molecule has 2 rings (SSSR count). The van der Waals surface area contributed by atoms with Crippen LogP contribution in [0.15, 0.2) is 30.3 Å². The lowest BCUT2D eigenvalue weighted by molar-refractivity contribution is -0.146. The lowest BCUT2D eigenvalue weighted by Gasteiger charge is -2.15. The Balaban J connectivity index is 2.00. The van der Waals surface area contributed by atoms with Crippen molar-refractivity contribution in [3.63, 3.8) is 0 Å². The summed E-state index contributed by atoms with van der Waals surface area (Å²) in [6, 6.07) is 9.04. The molecule has 0 aromatic heterocycles. The van der Waals surface area contributed by atoms with Gasteiger partial charge >= 0.3 is 5.97 Å². The van der Waals surface area contributed by atoms with Crippen LogP contribution in [0.5, 0.6) is 17.2 Å². The zero-order valence-corrected chi connectivity index (χ0v) is 17.8. The van der Waals surface area contributed by atoms with Gasteiger partial charge in [-0.05, 0) is 62.1 Å². The molecule has 0 aliphatic carbocycles. The topological polar surface area (TPSA) is 71.1 Å². The SMILES string of the molecule is COc1cc(CCC(=O)O[C@@H](C)C(=O)c2ccc(C)c(C)c2)cc(OC)c1OC. The van der Waals surface area contributed by atoms with Crippen molar-refractivity contribution in [3.8, 4) is 17.2 Å². The Labute approximate surface area is 171 Å². The fourth-order valence-corrected chi connectivity index (χ4v) is 2.97. The first-order valence-corrected chi connectivity index (χ1v) is 9.40. The molecule has 29 heavy (non-hydrogen) atoms.